The van der Waals surface area contributed by atoms with Gasteiger partial charge in [-0.3, -0.25) is 24.3 Å². The second kappa shape index (κ2) is 14.7. The molecule has 2 atom stereocenters. The van der Waals surface area contributed by atoms with Crippen molar-refractivity contribution in [3.63, 3.8) is 0 Å². The molecular formula is C36H38N8O5. The van der Waals surface area contributed by atoms with E-state index in [9.17, 15) is 14.4 Å². The molecular weight excluding hydrogens is 624 g/mol. The number of aromatic nitrogens is 3. The third-order valence-corrected chi connectivity index (χ3v) is 9.02. The summed E-state index contributed by atoms with van der Waals surface area (Å²) >= 11 is 0. The number of rotatable bonds is 3. The molecule has 6 heterocycles. The summed E-state index contributed by atoms with van der Waals surface area (Å²) in [5, 5.41) is 6.05. The van der Waals surface area contributed by atoms with E-state index >= 15 is 0 Å². The van der Waals surface area contributed by atoms with E-state index < -0.39 is 6.04 Å². The second-order valence-electron chi connectivity index (χ2n) is 12.4. The predicted molar refractivity (Wildman–Crippen MR) is 181 cm³/mol. The molecule has 13 heteroatoms. The number of likely N-dealkylation sites (tertiary alicyclic amines) is 1. The van der Waals surface area contributed by atoms with Crippen LogP contribution >= 0.6 is 0 Å². The van der Waals surface area contributed by atoms with Gasteiger partial charge in [-0.25, -0.2) is 9.97 Å². The van der Waals surface area contributed by atoms with E-state index in [2.05, 4.69) is 35.4 Å². The van der Waals surface area contributed by atoms with E-state index in [4.69, 9.17) is 9.47 Å². The minimum Gasteiger partial charge on any atom is -0.488 e. The first-order valence-corrected chi connectivity index (χ1v) is 16.5. The van der Waals surface area contributed by atoms with Crippen LogP contribution in [0.5, 0.6) is 11.5 Å². The molecule has 6 bridgehead atoms. The summed E-state index contributed by atoms with van der Waals surface area (Å²) in [7, 11) is 0. The van der Waals surface area contributed by atoms with Gasteiger partial charge in [0.2, 0.25) is 11.9 Å². The van der Waals surface area contributed by atoms with Crippen LogP contribution in [0.3, 0.4) is 0 Å². The van der Waals surface area contributed by atoms with Crippen LogP contribution in [0.25, 0.3) is 11.1 Å². The van der Waals surface area contributed by atoms with Crippen molar-refractivity contribution < 1.29 is 23.9 Å². The van der Waals surface area contributed by atoms with Crippen molar-refractivity contribution in [1.29, 1.82) is 0 Å². The van der Waals surface area contributed by atoms with Crippen molar-refractivity contribution >= 4 is 23.7 Å². The first kappa shape index (κ1) is 32.0. The smallest absolute Gasteiger partial charge is 0.258 e. The number of hydrogen-bond acceptors (Lipinski definition) is 10. The Balaban J connectivity index is 1.08. The number of anilines is 1. The number of ether oxygens (including phenoxy) is 2. The molecule has 0 spiro atoms. The van der Waals surface area contributed by atoms with Crippen molar-refractivity contribution in [2.75, 3.05) is 57.3 Å². The SMILES string of the molecule is O=C1COc2cccc(c2)-c2cncc(c2)C(=O)N[C@@H]2CN(C(=O)CN3CCN(c4ncccn4)CC3)CC[C@@H]2Oc2ccc(cc2)CN1. The molecule has 2 aromatic heterocycles. The van der Waals surface area contributed by atoms with Gasteiger partial charge in [0, 0.05) is 82.6 Å². The highest BCUT2D eigenvalue weighted by Crippen LogP contribution is 2.25. The highest BCUT2D eigenvalue weighted by Gasteiger charge is 2.35. The summed E-state index contributed by atoms with van der Waals surface area (Å²) in [6, 6.07) is 17.9. The lowest BCUT2D eigenvalue weighted by Crippen LogP contribution is -2.59. The monoisotopic (exact) mass is 662 g/mol. The average molecular weight is 663 g/mol. The number of nitrogens with zero attached hydrogens (tertiary/aromatic N) is 6. The van der Waals surface area contributed by atoms with Crippen molar-refractivity contribution in [3.05, 3.63) is 96.6 Å². The molecule has 2 fully saturated rings. The van der Waals surface area contributed by atoms with Gasteiger partial charge in [-0.1, -0.05) is 24.3 Å². The Hall–Kier alpha value is -5.56. The lowest BCUT2D eigenvalue weighted by Gasteiger charge is -2.40. The van der Waals surface area contributed by atoms with Crippen LogP contribution in [0.1, 0.15) is 22.3 Å². The minimum absolute atomic E-state index is 0.0146. The van der Waals surface area contributed by atoms with Crippen molar-refractivity contribution in [1.82, 2.24) is 35.4 Å². The Morgan fingerprint density at radius 2 is 1.65 bits per heavy atom. The molecule has 2 saturated heterocycles. The van der Waals surface area contributed by atoms with E-state index in [1.54, 1.807) is 36.8 Å². The summed E-state index contributed by atoms with van der Waals surface area (Å²) in [6.45, 7) is 4.25. The molecule has 8 rings (SSSR count). The molecule has 13 nitrogen and oxygen atoms in total. The van der Waals surface area contributed by atoms with Crippen molar-refractivity contribution in [2.45, 2.75) is 25.1 Å². The molecule has 2 aromatic carbocycles. The molecule has 2 N–H and O–H groups in total. The molecule has 0 radical (unpaired) electrons. The number of nitrogens with one attached hydrogen (secondary N) is 2. The lowest BCUT2D eigenvalue weighted by atomic mass is 10.0. The summed E-state index contributed by atoms with van der Waals surface area (Å²) in [5.74, 6) is 1.33. The first-order chi connectivity index (χ1) is 24.0. The van der Waals surface area contributed by atoms with Gasteiger partial charge in [0.15, 0.2) is 6.61 Å². The van der Waals surface area contributed by atoms with E-state index in [1.807, 2.05) is 47.4 Å². The quantitative estimate of drug-likeness (QED) is 0.335. The number of pyridine rings is 1. The highest BCUT2D eigenvalue weighted by atomic mass is 16.5. The maximum absolute atomic E-state index is 13.7. The molecule has 0 aliphatic carbocycles. The van der Waals surface area contributed by atoms with Crippen LogP contribution in [0.15, 0.2) is 85.5 Å². The van der Waals surface area contributed by atoms with Crippen LogP contribution in [0.4, 0.5) is 5.95 Å². The molecule has 49 heavy (non-hydrogen) atoms. The highest BCUT2D eigenvalue weighted by molar-refractivity contribution is 5.95. The van der Waals surface area contributed by atoms with E-state index in [0.29, 0.717) is 55.6 Å². The Morgan fingerprint density at radius 1 is 0.857 bits per heavy atom. The number of fused-ring (bicyclic) bond motifs is 7. The van der Waals surface area contributed by atoms with Gasteiger partial charge in [0.05, 0.1) is 18.2 Å². The normalized spacial score (nSPS) is 20.2. The van der Waals surface area contributed by atoms with Gasteiger partial charge < -0.3 is 29.9 Å². The fraction of sp³-hybridized carbons (Fsp3) is 0.333. The van der Waals surface area contributed by atoms with Crippen LogP contribution in [0, 0.1) is 0 Å². The van der Waals surface area contributed by atoms with Crippen LogP contribution in [0.2, 0.25) is 0 Å². The Bertz CT molecular complexity index is 1780. The topological polar surface area (TPSA) is 142 Å². The zero-order valence-electron chi connectivity index (χ0n) is 27.0. The van der Waals surface area contributed by atoms with Crippen molar-refractivity contribution in [3.8, 4) is 22.6 Å². The zero-order chi connectivity index (χ0) is 33.6. The minimum atomic E-state index is -0.470. The van der Waals surface area contributed by atoms with Gasteiger partial charge in [0.1, 0.15) is 17.6 Å². The van der Waals surface area contributed by atoms with Crippen molar-refractivity contribution in [2.24, 2.45) is 0 Å². The molecule has 3 amide bonds. The maximum atomic E-state index is 13.7. The summed E-state index contributed by atoms with van der Waals surface area (Å²) < 4.78 is 12.2. The standard InChI is InChI=1S/C36H38N8O5/c45-33-24-48-30-4-1-3-26(18-30)27-17-28(21-37-20-27)35(47)41-31-22-44(12-9-32(31)49-29-7-5-25(6-8-29)19-40-33)34(46)23-42-13-15-43(16-14-42)36-38-10-2-11-39-36/h1-8,10-11,17-18,20-21,31-32H,9,12-16,19,22-24H2,(H,40,45)(H,41,47)/t31-,32+/m1/s1. The zero-order valence-corrected chi connectivity index (χ0v) is 27.0. The fourth-order valence-electron chi connectivity index (χ4n) is 6.29. The Kier molecular flexibility index (Phi) is 9.60. The number of hydrogen-bond donors (Lipinski definition) is 2. The summed E-state index contributed by atoms with van der Waals surface area (Å²) in [5.41, 5.74) is 2.81. The third-order valence-electron chi connectivity index (χ3n) is 9.02. The molecule has 4 aromatic rings. The van der Waals surface area contributed by atoms with Crippen LogP contribution in [-0.4, -0.2) is 107 Å². The van der Waals surface area contributed by atoms with Gasteiger partial charge in [-0.05, 0) is 47.5 Å². The molecule has 252 valence electrons. The third kappa shape index (κ3) is 7.95. The van der Waals surface area contributed by atoms with Crippen LogP contribution < -0.4 is 25.0 Å². The fourth-order valence-corrected chi connectivity index (χ4v) is 6.29. The average Bonchev–Trinajstić information content (AvgIpc) is 3.15. The Labute approximate surface area is 284 Å². The van der Waals surface area contributed by atoms with Gasteiger partial charge >= 0.3 is 0 Å². The lowest BCUT2D eigenvalue weighted by molar-refractivity contribution is -0.135. The van der Waals surface area contributed by atoms with Gasteiger partial charge in [0.25, 0.3) is 11.8 Å². The molecule has 4 aliphatic rings. The van der Waals surface area contributed by atoms with E-state index in [0.717, 1.165) is 42.9 Å². The number of carbonyl (C=O) groups is 3. The van der Waals surface area contributed by atoms with Gasteiger partial charge in [-0.2, -0.15) is 0 Å². The summed E-state index contributed by atoms with van der Waals surface area (Å²) in [4.78, 5) is 59.0. The molecule has 0 saturated carbocycles. The largest absolute Gasteiger partial charge is 0.488 e. The van der Waals surface area contributed by atoms with E-state index in [-0.39, 0.29) is 30.4 Å². The number of piperazine rings is 1. The predicted octanol–water partition coefficient (Wildman–Crippen LogP) is 2.15. The molecule has 0 unspecified atom stereocenters. The number of benzene rings is 2. The van der Waals surface area contributed by atoms with Gasteiger partial charge in [-0.15, -0.1) is 0 Å². The molecule has 4 aliphatic heterocycles. The first-order valence-electron chi connectivity index (χ1n) is 16.5. The number of carbonyl (C=O) groups excluding carboxylic acids is 3. The maximum Gasteiger partial charge on any atom is 0.258 e. The number of amides is 3. The van der Waals surface area contributed by atoms with E-state index in [1.165, 1.54) is 6.20 Å². The Morgan fingerprint density at radius 3 is 2.47 bits per heavy atom. The summed E-state index contributed by atoms with van der Waals surface area (Å²) in [6.07, 6.45) is 6.84. The van der Waals surface area contributed by atoms with Crippen LogP contribution in [-0.2, 0) is 16.1 Å². The number of piperidine rings is 1. The second-order valence-corrected chi connectivity index (χ2v) is 12.4.